The predicted octanol–water partition coefficient (Wildman–Crippen LogP) is 3.58. The highest BCUT2D eigenvalue weighted by molar-refractivity contribution is 5.45. The fraction of sp³-hybridized carbons (Fsp3) is 0.143. The van der Waals surface area contributed by atoms with Crippen LogP contribution in [0.3, 0.4) is 0 Å². The highest BCUT2D eigenvalue weighted by Gasteiger charge is 2.31. The van der Waals surface area contributed by atoms with Gasteiger partial charge >= 0.3 is 6.36 Å². The minimum atomic E-state index is -4.81. The summed E-state index contributed by atoms with van der Waals surface area (Å²) in [5.41, 5.74) is -0.00793. The zero-order valence-electron chi connectivity index (χ0n) is 10.9. The van der Waals surface area contributed by atoms with Crippen molar-refractivity contribution in [2.75, 3.05) is 0 Å². The Morgan fingerprint density at radius 2 is 1.68 bits per heavy atom. The van der Waals surface area contributed by atoms with Gasteiger partial charge in [-0.15, -0.1) is 13.2 Å². The summed E-state index contributed by atoms with van der Waals surface area (Å²) in [7, 11) is 0. The third-order valence-electron chi connectivity index (χ3n) is 2.86. The van der Waals surface area contributed by atoms with Gasteiger partial charge in [0, 0.05) is 6.07 Å². The van der Waals surface area contributed by atoms with Crippen molar-refractivity contribution >= 4 is 5.69 Å². The molecule has 0 heterocycles. The molecule has 0 saturated heterocycles. The molecule has 1 unspecified atom stereocenters. The number of halogens is 3. The van der Waals surface area contributed by atoms with E-state index in [2.05, 4.69) is 4.74 Å². The largest absolute Gasteiger partial charge is 0.573 e. The maximum Gasteiger partial charge on any atom is 0.573 e. The average molecular weight is 313 g/mol. The first kappa shape index (κ1) is 15.8. The van der Waals surface area contributed by atoms with Gasteiger partial charge in [0.2, 0.25) is 0 Å². The van der Waals surface area contributed by atoms with Crippen molar-refractivity contribution in [3.63, 3.8) is 0 Å². The van der Waals surface area contributed by atoms with E-state index in [1.54, 1.807) is 0 Å². The molecule has 0 aliphatic heterocycles. The van der Waals surface area contributed by atoms with E-state index in [0.717, 1.165) is 12.1 Å². The summed E-state index contributed by atoms with van der Waals surface area (Å²) in [5, 5.41) is 21.1. The molecule has 1 N–H and O–H groups in total. The standard InChI is InChI=1S/C14H10F3NO4/c15-14(16,17)22-10-7-5-9(6-8-10)13(19)11-3-1-2-4-12(11)18(20)21/h1-8,13,19H. The summed E-state index contributed by atoms with van der Waals surface area (Å²) in [5.74, 6) is -0.439. The zero-order valence-corrected chi connectivity index (χ0v) is 10.9. The first-order valence-corrected chi connectivity index (χ1v) is 6.05. The van der Waals surface area contributed by atoms with Gasteiger partial charge < -0.3 is 9.84 Å². The monoisotopic (exact) mass is 313 g/mol. The molecule has 0 fully saturated rings. The average Bonchev–Trinajstić information content (AvgIpc) is 2.45. The number of para-hydroxylation sites is 1. The maximum absolute atomic E-state index is 12.1. The fourth-order valence-electron chi connectivity index (χ4n) is 1.92. The van der Waals surface area contributed by atoms with Crippen molar-refractivity contribution in [2.24, 2.45) is 0 Å². The molecule has 5 nitrogen and oxygen atoms in total. The van der Waals surface area contributed by atoms with Crippen LogP contribution in [-0.2, 0) is 0 Å². The number of nitro benzene ring substituents is 1. The number of benzene rings is 2. The molecule has 2 aromatic rings. The number of hydrogen-bond donors (Lipinski definition) is 1. The van der Waals surface area contributed by atoms with E-state index in [9.17, 15) is 28.4 Å². The van der Waals surface area contributed by atoms with Crippen LogP contribution in [0.15, 0.2) is 48.5 Å². The summed E-state index contributed by atoms with van der Waals surface area (Å²) in [4.78, 5) is 10.3. The van der Waals surface area contributed by atoms with E-state index in [0.29, 0.717) is 0 Å². The van der Waals surface area contributed by atoms with Gasteiger partial charge in [0.25, 0.3) is 5.69 Å². The van der Waals surface area contributed by atoms with E-state index in [4.69, 9.17) is 0 Å². The van der Waals surface area contributed by atoms with Crippen molar-refractivity contribution in [2.45, 2.75) is 12.5 Å². The third-order valence-corrected chi connectivity index (χ3v) is 2.86. The second-order valence-electron chi connectivity index (χ2n) is 4.34. The van der Waals surface area contributed by atoms with Gasteiger partial charge in [0.05, 0.1) is 10.5 Å². The first-order valence-electron chi connectivity index (χ1n) is 6.05. The number of alkyl halides is 3. The summed E-state index contributed by atoms with van der Waals surface area (Å²) in [6.45, 7) is 0. The summed E-state index contributed by atoms with van der Waals surface area (Å²) < 4.78 is 39.9. The molecule has 0 aromatic heterocycles. The van der Waals surface area contributed by atoms with Gasteiger partial charge in [-0.1, -0.05) is 24.3 Å². The topological polar surface area (TPSA) is 72.6 Å². The minimum absolute atomic E-state index is 0.0528. The van der Waals surface area contributed by atoms with Crippen LogP contribution in [0.1, 0.15) is 17.2 Å². The van der Waals surface area contributed by atoms with Gasteiger partial charge in [-0.3, -0.25) is 10.1 Å². The Hall–Kier alpha value is -2.61. The molecule has 0 radical (unpaired) electrons. The summed E-state index contributed by atoms with van der Waals surface area (Å²) >= 11 is 0. The lowest BCUT2D eigenvalue weighted by Gasteiger charge is -2.13. The molecule has 0 bridgehead atoms. The van der Waals surface area contributed by atoms with Crippen LogP contribution in [-0.4, -0.2) is 16.4 Å². The number of rotatable bonds is 4. The van der Waals surface area contributed by atoms with Crippen molar-refractivity contribution in [3.8, 4) is 5.75 Å². The van der Waals surface area contributed by atoms with Crippen LogP contribution in [0.4, 0.5) is 18.9 Å². The second-order valence-corrected chi connectivity index (χ2v) is 4.34. The second kappa shape index (κ2) is 6.02. The maximum atomic E-state index is 12.1. The first-order chi connectivity index (χ1) is 10.3. The highest BCUT2D eigenvalue weighted by atomic mass is 19.4. The number of aliphatic hydroxyl groups is 1. The lowest BCUT2D eigenvalue weighted by atomic mass is 10.00. The SMILES string of the molecule is O=[N+]([O-])c1ccccc1C(O)c1ccc(OC(F)(F)F)cc1. The van der Waals surface area contributed by atoms with Crippen LogP contribution >= 0.6 is 0 Å². The number of aliphatic hydroxyl groups excluding tert-OH is 1. The molecule has 1 atom stereocenters. The molecular formula is C14H10F3NO4. The van der Waals surface area contributed by atoms with Crippen molar-refractivity contribution < 1.29 is 27.9 Å². The van der Waals surface area contributed by atoms with Crippen molar-refractivity contribution in [1.29, 1.82) is 0 Å². The fourth-order valence-corrected chi connectivity index (χ4v) is 1.92. The lowest BCUT2D eigenvalue weighted by molar-refractivity contribution is -0.386. The number of ether oxygens (including phenoxy) is 1. The molecular weight excluding hydrogens is 303 g/mol. The minimum Gasteiger partial charge on any atom is -0.406 e. The van der Waals surface area contributed by atoms with E-state index < -0.39 is 23.1 Å². The normalized spacial score (nSPS) is 12.7. The van der Waals surface area contributed by atoms with Crippen LogP contribution < -0.4 is 4.74 Å². The third kappa shape index (κ3) is 3.73. The van der Waals surface area contributed by atoms with Crippen LogP contribution in [0.25, 0.3) is 0 Å². The summed E-state index contributed by atoms with van der Waals surface area (Å²) in [6, 6.07) is 10.1. The number of nitrogens with zero attached hydrogens (tertiary/aromatic N) is 1. The molecule has 22 heavy (non-hydrogen) atoms. The van der Waals surface area contributed by atoms with Crippen LogP contribution in [0, 0.1) is 10.1 Å². The summed E-state index contributed by atoms with van der Waals surface area (Å²) in [6.07, 6.45) is -6.14. The Morgan fingerprint density at radius 3 is 2.23 bits per heavy atom. The van der Waals surface area contributed by atoms with Gasteiger partial charge in [-0.05, 0) is 23.8 Å². The van der Waals surface area contributed by atoms with E-state index >= 15 is 0 Å². The molecule has 0 spiro atoms. The molecule has 0 amide bonds. The molecule has 2 aromatic carbocycles. The van der Waals surface area contributed by atoms with Gasteiger partial charge in [0.15, 0.2) is 0 Å². The molecule has 8 heteroatoms. The molecule has 0 aliphatic carbocycles. The van der Waals surface area contributed by atoms with Gasteiger partial charge in [-0.2, -0.15) is 0 Å². The number of nitro groups is 1. The van der Waals surface area contributed by atoms with Gasteiger partial charge in [0.1, 0.15) is 11.9 Å². The predicted molar refractivity (Wildman–Crippen MR) is 70.3 cm³/mol. The quantitative estimate of drug-likeness (QED) is 0.692. The van der Waals surface area contributed by atoms with Crippen molar-refractivity contribution in [3.05, 3.63) is 69.8 Å². The van der Waals surface area contributed by atoms with Crippen LogP contribution in [0.2, 0.25) is 0 Å². The van der Waals surface area contributed by atoms with E-state index in [-0.39, 0.29) is 16.8 Å². The van der Waals surface area contributed by atoms with Gasteiger partial charge in [-0.25, -0.2) is 0 Å². The molecule has 0 aliphatic rings. The van der Waals surface area contributed by atoms with Crippen molar-refractivity contribution in [1.82, 2.24) is 0 Å². The molecule has 2 rings (SSSR count). The van der Waals surface area contributed by atoms with E-state index in [1.807, 2.05) is 0 Å². The zero-order chi connectivity index (χ0) is 16.3. The molecule has 0 saturated carbocycles. The van der Waals surface area contributed by atoms with Crippen LogP contribution in [0.5, 0.6) is 5.75 Å². The Bertz CT molecular complexity index is 671. The Balaban J connectivity index is 2.27. The Labute approximate surface area is 122 Å². The highest BCUT2D eigenvalue weighted by Crippen LogP contribution is 2.31. The molecule has 116 valence electrons. The Kier molecular flexibility index (Phi) is 4.32. The smallest absolute Gasteiger partial charge is 0.406 e. The van der Waals surface area contributed by atoms with E-state index in [1.165, 1.54) is 36.4 Å². The number of hydrogen-bond acceptors (Lipinski definition) is 4. The lowest BCUT2D eigenvalue weighted by Crippen LogP contribution is -2.17. The Morgan fingerprint density at radius 1 is 1.09 bits per heavy atom.